The van der Waals surface area contributed by atoms with Gasteiger partial charge in [-0.25, -0.2) is 9.29 Å². The van der Waals surface area contributed by atoms with Crippen LogP contribution in [0.3, 0.4) is 0 Å². The van der Waals surface area contributed by atoms with E-state index < -0.39 is 29.7 Å². The predicted molar refractivity (Wildman–Crippen MR) is 107 cm³/mol. The molecular formula is C21H15FN6O5. The lowest BCUT2D eigenvalue weighted by atomic mass is 10.1. The van der Waals surface area contributed by atoms with Gasteiger partial charge in [0.2, 0.25) is 18.5 Å². The number of rotatable bonds is 4. The number of halogens is 1. The number of fused-ring (bicyclic) bond motifs is 2. The molecule has 0 aliphatic carbocycles. The number of amides is 2. The van der Waals surface area contributed by atoms with E-state index in [1.165, 1.54) is 17.1 Å². The second-order valence-corrected chi connectivity index (χ2v) is 7.72. The second kappa shape index (κ2) is 7.08. The Morgan fingerprint density at radius 2 is 1.94 bits per heavy atom. The maximum atomic E-state index is 14.0. The van der Waals surface area contributed by atoms with E-state index in [2.05, 4.69) is 20.5 Å². The Hall–Kier alpha value is -4.35. The molecule has 0 radical (unpaired) electrons. The highest BCUT2D eigenvalue weighted by molar-refractivity contribution is 6.25. The molecule has 2 aromatic carbocycles. The third kappa shape index (κ3) is 3.02. The molecule has 0 unspecified atom stereocenters. The van der Waals surface area contributed by atoms with Crippen molar-refractivity contribution >= 4 is 17.5 Å². The fourth-order valence-electron chi connectivity index (χ4n) is 3.94. The fraction of sp³-hybridized carbons (Fsp3) is 0.238. The van der Waals surface area contributed by atoms with Crippen molar-refractivity contribution in [3.8, 4) is 22.9 Å². The summed E-state index contributed by atoms with van der Waals surface area (Å²) in [5.41, 5.74) is 1.23. The van der Waals surface area contributed by atoms with Crippen LogP contribution in [0, 0.1) is 12.7 Å². The molecule has 1 aromatic heterocycles. The average molecular weight is 450 g/mol. The second-order valence-electron chi connectivity index (χ2n) is 7.72. The lowest BCUT2D eigenvalue weighted by molar-refractivity contribution is -0.123. The van der Waals surface area contributed by atoms with Gasteiger partial charge in [0.25, 0.3) is 11.8 Å². The molecule has 0 saturated carbocycles. The van der Waals surface area contributed by atoms with Crippen LogP contribution < -0.4 is 14.4 Å². The van der Waals surface area contributed by atoms with Gasteiger partial charge in [0.05, 0.1) is 5.69 Å². The molecule has 0 bridgehead atoms. The normalized spacial score (nSPS) is 20.8. The number of aromatic nitrogens is 2. The summed E-state index contributed by atoms with van der Waals surface area (Å²) in [6, 6.07) is 7.45. The highest BCUT2D eigenvalue weighted by Crippen LogP contribution is 2.36. The molecule has 6 rings (SSSR count). The molecule has 3 aromatic rings. The first-order valence-electron chi connectivity index (χ1n) is 10.0. The molecule has 1 fully saturated rings. The molecule has 11 nitrogen and oxygen atoms in total. The van der Waals surface area contributed by atoms with E-state index in [-0.39, 0.29) is 24.9 Å². The first-order valence-corrected chi connectivity index (χ1v) is 10.0. The van der Waals surface area contributed by atoms with E-state index in [1.54, 1.807) is 25.1 Å². The Labute approximate surface area is 185 Å². The van der Waals surface area contributed by atoms with Crippen molar-refractivity contribution in [2.24, 2.45) is 10.3 Å². The molecule has 0 spiro atoms. The van der Waals surface area contributed by atoms with Crippen molar-refractivity contribution in [1.29, 1.82) is 0 Å². The Bertz CT molecular complexity index is 1340. The minimum absolute atomic E-state index is 0.0304. The summed E-state index contributed by atoms with van der Waals surface area (Å²) in [7, 11) is 0. The van der Waals surface area contributed by atoms with Crippen molar-refractivity contribution in [3.05, 3.63) is 53.7 Å². The number of nitrogens with zero attached hydrogens (tertiary/aromatic N) is 6. The van der Waals surface area contributed by atoms with Gasteiger partial charge in [0.1, 0.15) is 12.4 Å². The average Bonchev–Trinajstić information content (AvgIpc) is 3.57. The highest BCUT2D eigenvalue weighted by Gasteiger charge is 2.55. The number of hydrogen-bond donors (Lipinski definition) is 0. The minimum atomic E-state index is -1.02. The van der Waals surface area contributed by atoms with Crippen LogP contribution in [-0.2, 0) is 16.1 Å². The van der Waals surface area contributed by atoms with Crippen LogP contribution >= 0.6 is 0 Å². The molecule has 2 atom stereocenters. The first kappa shape index (κ1) is 19.3. The first-order chi connectivity index (χ1) is 16.0. The summed E-state index contributed by atoms with van der Waals surface area (Å²) in [5, 5.41) is 13.2. The number of carbonyl (C=O) groups excluding carboxylic acids is 2. The molecule has 4 heterocycles. The third-order valence-corrected chi connectivity index (χ3v) is 5.67. The number of hydrogen-bond acceptors (Lipinski definition) is 10. The topological polar surface area (TPSA) is 123 Å². The Morgan fingerprint density at radius 1 is 1.09 bits per heavy atom. The molecule has 1 saturated heterocycles. The zero-order valence-corrected chi connectivity index (χ0v) is 17.1. The van der Waals surface area contributed by atoms with Crippen molar-refractivity contribution < 1.29 is 28.0 Å². The van der Waals surface area contributed by atoms with Crippen molar-refractivity contribution in [2.45, 2.75) is 25.6 Å². The number of benzene rings is 2. The van der Waals surface area contributed by atoms with E-state index in [1.807, 2.05) is 0 Å². The van der Waals surface area contributed by atoms with E-state index in [9.17, 15) is 14.0 Å². The summed E-state index contributed by atoms with van der Waals surface area (Å²) in [4.78, 5) is 31.1. The maximum absolute atomic E-state index is 14.0. The largest absolute Gasteiger partial charge is 0.454 e. The van der Waals surface area contributed by atoms with Crippen molar-refractivity contribution in [1.82, 2.24) is 15.1 Å². The summed E-state index contributed by atoms with van der Waals surface area (Å²) in [6.07, 6.45) is 0. The van der Waals surface area contributed by atoms with Crippen LogP contribution in [0.25, 0.3) is 11.4 Å². The van der Waals surface area contributed by atoms with Crippen LogP contribution in [0.4, 0.5) is 10.1 Å². The number of imide groups is 1. The standard InChI is InChI=1S/C21H15FN6O5/c1-10-2-4-12(7-13(10)22)28-20(29)17-18(21(28)30)27(26-24-17)8-16-23-19(25-33-16)11-3-5-14-15(6-11)32-9-31-14/h2-7,17-18H,8-9H2,1H3/t17-,18-/m0/s1. The van der Waals surface area contributed by atoms with Crippen LogP contribution in [0.1, 0.15) is 11.5 Å². The highest BCUT2D eigenvalue weighted by atomic mass is 19.1. The number of aryl methyl sites for hydroxylation is 1. The minimum Gasteiger partial charge on any atom is -0.454 e. The monoisotopic (exact) mass is 450 g/mol. The number of ether oxygens (including phenoxy) is 2. The van der Waals surface area contributed by atoms with Gasteiger partial charge in [-0.2, -0.15) is 10.1 Å². The molecular weight excluding hydrogens is 435 g/mol. The quantitative estimate of drug-likeness (QED) is 0.556. The zero-order chi connectivity index (χ0) is 22.7. The Kier molecular flexibility index (Phi) is 4.15. The van der Waals surface area contributed by atoms with Crippen LogP contribution in [0.15, 0.2) is 51.3 Å². The molecule has 166 valence electrons. The van der Waals surface area contributed by atoms with Gasteiger partial charge in [-0.15, -0.1) is 0 Å². The van der Waals surface area contributed by atoms with Gasteiger partial charge in [0, 0.05) is 5.56 Å². The van der Waals surface area contributed by atoms with Crippen molar-refractivity contribution in [2.75, 3.05) is 11.7 Å². The molecule has 0 N–H and O–H groups in total. The van der Waals surface area contributed by atoms with Gasteiger partial charge in [-0.05, 0) is 42.8 Å². The lowest BCUT2D eigenvalue weighted by Crippen LogP contribution is -2.39. The molecule has 3 aliphatic heterocycles. The van der Waals surface area contributed by atoms with E-state index in [0.29, 0.717) is 28.5 Å². The maximum Gasteiger partial charge on any atom is 0.263 e. The van der Waals surface area contributed by atoms with E-state index >= 15 is 0 Å². The van der Waals surface area contributed by atoms with Gasteiger partial charge >= 0.3 is 0 Å². The van der Waals surface area contributed by atoms with Gasteiger partial charge in [-0.1, -0.05) is 16.4 Å². The van der Waals surface area contributed by atoms with E-state index in [4.69, 9.17) is 14.0 Å². The molecule has 12 heteroatoms. The van der Waals surface area contributed by atoms with Crippen LogP contribution in [0.5, 0.6) is 11.5 Å². The summed E-state index contributed by atoms with van der Waals surface area (Å²) in [6.45, 7) is 1.72. The van der Waals surface area contributed by atoms with Gasteiger partial charge < -0.3 is 14.0 Å². The number of anilines is 1. The number of carbonyl (C=O) groups is 2. The SMILES string of the molecule is Cc1ccc(N2C(=O)[C@H]3N=NN(Cc4nc(-c5ccc6c(c5)OCO6)no4)[C@@H]3C2=O)cc1F. The zero-order valence-electron chi connectivity index (χ0n) is 17.1. The summed E-state index contributed by atoms with van der Waals surface area (Å²) in [5.74, 6) is 0.0976. The third-order valence-electron chi connectivity index (χ3n) is 5.67. The molecule has 33 heavy (non-hydrogen) atoms. The molecule has 2 amide bonds. The van der Waals surface area contributed by atoms with Gasteiger partial charge in [0.15, 0.2) is 23.6 Å². The fourth-order valence-corrected chi connectivity index (χ4v) is 3.94. The smallest absolute Gasteiger partial charge is 0.263 e. The van der Waals surface area contributed by atoms with Crippen LogP contribution in [0.2, 0.25) is 0 Å². The van der Waals surface area contributed by atoms with Gasteiger partial charge in [-0.3, -0.25) is 14.6 Å². The summed E-state index contributed by atoms with van der Waals surface area (Å²) >= 11 is 0. The van der Waals surface area contributed by atoms with Crippen molar-refractivity contribution in [3.63, 3.8) is 0 Å². The Morgan fingerprint density at radius 3 is 2.79 bits per heavy atom. The lowest BCUT2D eigenvalue weighted by Gasteiger charge is -2.19. The van der Waals surface area contributed by atoms with E-state index in [0.717, 1.165) is 11.0 Å². The molecule has 3 aliphatic rings. The summed E-state index contributed by atoms with van der Waals surface area (Å²) < 4.78 is 30.0. The Balaban J connectivity index is 1.22. The predicted octanol–water partition coefficient (Wildman–Crippen LogP) is 2.41. The van der Waals surface area contributed by atoms with Crippen LogP contribution in [-0.4, -0.2) is 45.8 Å².